The fraction of sp³-hybridized carbons (Fsp3) is 0.917. The molecule has 0 spiro atoms. The standard InChI is InChI=1S/C12H20ClO/c13-11-7-3-1-5-9(11)10-6-2-4-8-12(10)14/h9,11-12,14H,1-8H2/t9-,11?,12+/m1/s1. The van der Waals surface area contributed by atoms with Crippen molar-refractivity contribution in [1.82, 2.24) is 0 Å². The second kappa shape index (κ2) is 4.85. The van der Waals surface area contributed by atoms with E-state index in [1.165, 1.54) is 38.0 Å². The van der Waals surface area contributed by atoms with Crippen molar-refractivity contribution in [2.24, 2.45) is 5.92 Å². The summed E-state index contributed by atoms with van der Waals surface area (Å²) in [5, 5.41) is 10.2. The van der Waals surface area contributed by atoms with Gasteiger partial charge in [-0.25, -0.2) is 0 Å². The van der Waals surface area contributed by atoms with Crippen molar-refractivity contribution in [2.75, 3.05) is 0 Å². The normalized spacial score (nSPS) is 41.1. The number of alkyl halides is 1. The first-order valence-electron chi connectivity index (χ1n) is 5.97. The van der Waals surface area contributed by atoms with Crippen molar-refractivity contribution in [3.05, 3.63) is 5.92 Å². The molecule has 0 aromatic rings. The van der Waals surface area contributed by atoms with E-state index < -0.39 is 0 Å². The average molecular weight is 216 g/mol. The topological polar surface area (TPSA) is 20.2 Å². The van der Waals surface area contributed by atoms with Gasteiger partial charge < -0.3 is 5.11 Å². The molecule has 2 heteroatoms. The molecular weight excluding hydrogens is 196 g/mol. The van der Waals surface area contributed by atoms with E-state index in [2.05, 4.69) is 0 Å². The maximum atomic E-state index is 9.94. The van der Waals surface area contributed by atoms with Gasteiger partial charge >= 0.3 is 0 Å². The predicted molar refractivity (Wildman–Crippen MR) is 59.3 cm³/mol. The molecular formula is C12H20ClO. The molecule has 0 aromatic heterocycles. The Hall–Kier alpha value is 0.250. The maximum absolute atomic E-state index is 9.94. The van der Waals surface area contributed by atoms with Crippen molar-refractivity contribution < 1.29 is 5.11 Å². The van der Waals surface area contributed by atoms with Crippen molar-refractivity contribution >= 4 is 11.6 Å². The molecule has 0 saturated heterocycles. The highest BCUT2D eigenvalue weighted by Crippen LogP contribution is 2.41. The van der Waals surface area contributed by atoms with E-state index in [-0.39, 0.29) is 6.10 Å². The van der Waals surface area contributed by atoms with Crippen LogP contribution in [0.3, 0.4) is 0 Å². The van der Waals surface area contributed by atoms with E-state index in [0.29, 0.717) is 11.3 Å². The van der Waals surface area contributed by atoms with Crippen LogP contribution in [0.2, 0.25) is 0 Å². The number of rotatable bonds is 1. The third-order valence-corrected chi connectivity index (χ3v) is 4.30. The minimum atomic E-state index is -0.145. The molecule has 2 aliphatic carbocycles. The molecule has 0 bridgehead atoms. The van der Waals surface area contributed by atoms with Crippen LogP contribution in [0.4, 0.5) is 0 Å². The molecule has 1 radical (unpaired) electrons. The third-order valence-electron chi connectivity index (χ3n) is 3.78. The van der Waals surface area contributed by atoms with Crippen LogP contribution in [-0.4, -0.2) is 16.6 Å². The maximum Gasteiger partial charge on any atom is 0.0606 e. The Kier molecular flexibility index (Phi) is 3.73. The van der Waals surface area contributed by atoms with E-state index in [9.17, 15) is 5.11 Å². The van der Waals surface area contributed by atoms with E-state index in [4.69, 9.17) is 11.6 Å². The predicted octanol–water partition coefficient (Wildman–Crippen LogP) is 3.29. The second-order valence-corrected chi connectivity index (χ2v) is 5.30. The van der Waals surface area contributed by atoms with E-state index >= 15 is 0 Å². The minimum Gasteiger partial charge on any atom is -0.393 e. The summed E-state index contributed by atoms with van der Waals surface area (Å²) in [6.07, 6.45) is 9.30. The highest BCUT2D eigenvalue weighted by molar-refractivity contribution is 6.21. The fourth-order valence-corrected chi connectivity index (χ4v) is 3.40. The van der Waals surface area contributed by atoms with E-state index in [1.807, 2.05) is 0 Å². The minimum absolute atomic E-state index is 0.145. The van der Waals surface area contributed by atoms with Crippen molar-refractivity contribution in [2.45, 2.75) is 62.8 Å². The lowest BCUT2D eigenvalue weighted by molar-refractivity contribution is 0.121. The Balaban J connectivity index is 1.96. The third kappa shape index (κ3) is 2.25. The second-order valence-electron chi connectivity index (χ2n) is 4.74. The van der Waals surface area contributed by atoms with Gasteiger partial charge in [0, 0.05) is 11.3 Å². The van der Waals surface area contributed by atoms with Crippen molar-refractivity contribution in [3.8, 4) is 0 Å². The molecule has 0 aromatic carbocycles. The molecule has 2 rings (SSSR count). The molecule has 2 fully saturated rings. The number of aliphatic hydroxyl groups is 1. The summed E-state index contributed by atoms with van der Waals surface area (Å²) in [5.41, 5.74) is 0. The van der Waals surface area contributed by atoms with Gasteiger partial charge in [0.05, 0.1) is 6.10 Å². The number of hydrogen-bond donors (Lipinski definition) is 1. The molecule has 0 heterocycles. The Morgan fingerprint density at radius 2 is 1.71 bits per heavy atom. The van der Waals surface area contributed by atoms with Crippen molar-refractivity contribution in [1.29, 1.82) is 0 Å². The highest BCUT2D eigenvalue weighted by atomic mass is 35.5. The molecule has 1 unspecified atom stereocenters. The zero-order chi connectivity index (χ0) is 9.97. The molecule has 2 aliphatic rings. The quantitative estimate of drug-likeness (QED) is 0.666. The molecule has 81 valence electrons. The summed E-state index contributed by atoms with van der Waals surface area (Å²) in [4.78, 5) is 0. The number of aliphatic hydroxyl groups excluding tert-OH is 1. The molecule has 0 amide bonds. The van der Waals surface area contributed by atoms with Crippen LogP contribution in [0, 0.1) is 11.8 Å². The molecule has 2 saturated carbocycles. The lowest BCUT2D eigenvalue weighted by Crippen LogP contribution is -2.35. The summed E-state index contributed by atoms with van der Waals surface area (Å²) < 4.78 is 0. The van der Waals surface area contributed by atoms with Crippen LogP contribution in [0.1, 0.15) is 51.4 Å². The first kappa shape index (κ1) is 10.8. The molecule has 1 nitrogen and oxygen atoms in total. The van der Waals surface area contributed by atoms with Crippen LogP contribution in [-0.2, 0) is 0 Å². The average Bonchev–Trinajstić information content (AvgIpc) is 2.20. The van der Waals surface area contributed by atoms with E-state index in [1.54, 1.807) is 0 Å². The number of hydrogen-bond acceptors (Lipinski definition) is 1. The van der Waals surface area contributed by atoms with Crippen LogP contribution >= 0.6 is 11.6 Å². The Morgan fingerprint density at radius 1 is 1.00 bits per heavy atom. The summed E-state index contributed by atoms with van der Waals surface area (Å²) in [5.74, 6) is 1.89. The molecule has 3 atom stereocenters. The first-order valence-corrected chi connectivity index (χ1v) is 6.40. The van der Waals surface area contributed by atoms with Crippen molar-refractivity contribution in [3.63, 3.8) is 0 Å². The summed E-state index contributed by atoms with van der Waals surface area (Å²) >= 11 is 6.35. The van der Waals surface area contributed by atoms with Crippen LogP contribution in [0.25, 0.3) is 0 Å². The van der Waals surface area contributed by atoms with Gasteiger partial charge in [0.25, 0.3) is 0 Å². The summed E-state index contributed by atoms with van der Waals surface area (Å²) in [7, 11) is 0. The lowest BCUT2D eigenvalue weighted by Gasteiger charge is -2.38. The van der Waals surface area contributed by atoms with Gasteiger partial charge in [0.1, 0.15) is 0 Å². The van der Waals surface area contributed by atoms with Crippen LogP contribution in [0.15, 0.2) is 0 Å². The van der Waals surface area contributed by atoms with Gasteiger partial charge in [-0.3, -0.25) is 0 Å². The summed E-state index contributed by atoms with van der Waals surface area (Å²) in [6, 6.07) is 0. The Bertz CT molecular complexity index is 163. The van der Waals surface area contributed by atoms with E-state index in [0.717, 1.165) is 19.3 Å². The van der Waals surface area contributed by atoms with Crippen LogP contribution in [0.5, 0.6) is 0 Å². The Morgan fingerprint density at radius 3 is 2.43 bits per heavy atom. The Labute approximate surface area is 91.8 Å². The van der Waals surface area contributed by atoms with Gasteiger partial charge in [0.15, 0.2) is 0 Å². The van der Waals surface area contributed by atoms with Crippen LogP contribution < -0.4 is 0 Å². The first-order chi connectivity index (χ1) is 6.79. The smallest absolute Gasteiger partial charge is 0.0606 e. The largest absolute Gasteiger partial charge is 0.393 e. The van der Waals surface area contributed by atoms with Gasteiger partial charge in [-0.1, -0.05) is 25.7 Å². The molecule has 1 N–H and O–H groups in total. The molecule has 0 aliphatic heterocycles. The highest BCUT2D eigenvalue weighted by Gasteiger charge is 2.36. The number of halogens is 1. The molecule has 14 heavy (non-hydrogen) atoms. The monoisotopic (exact) mass is 215 g/mol. The SMILES string of the molecule is O[C@H]1CCCC[C]1[C@H]1CCCCC1Cl. The zero-order valence-corrected chi connectivity index (χ0v) is 9.47. The lowest BCUT2D eigenvalue weighted by atomic mass is 9.72. The van der Waals surface area contributed by atoms with Gasteiger partial charge in [-0.2, -0.15) is 0 Å². The zero-order valence-electron chi connectivity index (χ0n) is 8.71. The fourth-order valence-electron chi connectivity index (χ4n) is 2.95. The van der Waals surface area contributed by atoms with Gasteiger partial charge in [-0.05, 0) is 31.6 Å². The summed E-state index contributed by atoms with van der Waals surface area (Å²) in [6.45, 7) is 0. The van der Waals surface area contributed by atoms with Gasteiger partial charge in [-0.15, -0.1) is 11.6 Å². The van der Waals surface area contributed by atoms with Gasteiger partial charge in [0.2, 0.25) is 0 Å².